The van der Waals surface area contributed by atoms with E-state index in [0.29, 0.717) is 6.42 Å². The van der Waals surface area contributed by atoms with Crippen LogP contribution in [0.1, 0.15) is 38.2 Å². The van der Waals surface area contributed by atoms with Gasteiger partial charge in [-0.3, -0.25) is 4.79 Å². The lowest BCUT2D eigenvalue weighted by Crippen LogP contribution is -2.13. The Labute approximate surface area is 108 Å². The van der Waals surface area contributed by atoms with Gasteiger partial charge in [-0.15, -0.1) is 0 Å². The van der Waals surface area contributed by atoms with E-state index >= 15 is 0 Å². The highest BCUT2D eigenvalue weighted by Crippen LogP contribution is 2.14. The first kappa shape index (κ1) is 14.7. The van der Waals surface area contributed by atoms with E-state index in [0.717, 1.165) is 18.4 Å². The Kier molecular flexibility index (Phi) is 5.34. The van der Waals surface area contributed by atoms with Crippen molar-refractivity contribution in [2.24, 2.45) is 0 Å². The molecule has 100 valence electrons. The maximum atomic E-state index is 11.7. The van der Waals surface area contributed by atoms with Gasteiger partial charge in [0.1, 0.15) is 4.90 Å². The molecular formula is C13H18O4S. The summed E-state index contributed by atoms with van der Waals surface area (Å²) in [6, 6.07) is 6.20. The monoisotopic (exact) mass is 270 g/mol. The van der Waals surface area contributed by atoms with Crippen LogP contribution in [-0.2, 0) is 19.1 Å². The van der Waals surface area contributed by atoms with Crippen LogP contribution in [-0.4, -0.2) is 14.4 Å². The Morgan fingerprint density at radius 1 is 1.17 bits per heavy atom. The van der Waals surface area contributed by atoms with E-state index in [4.69, 9.17) is 0 Å². The summed E-state index contributed by atoms with van der Waals surface area (Å²) < 4.78 is 28.0. The Balaban J connectivity index is 2.64. The third-order valence-corrected chi connectivity index (χ3v) is 3.75. The number of unbranched alkanes of at least 4 members (excludes halogenated alkanes) is 2. The molecule has 0 spiro atoms. The van der Waals surface area contributed by atoms with Crippen molar-refractivity contribution in [3.8, 4) is 0 Å². The maximum absolute atomic E-state index is 11.7. The fourth-order valence-corrected chi connectivity index (χ4v) is 2.33. The number of hydrogen-bond donors (Lipinski definition) is 0. The van der Waals surface area contributed by atoms with Gasteiger partial charge in [-0.25, -0.2) is 0 Å². The molecule has 0 saturated carbocycles. The molecule has 4 nitrogen and oxygen atoms in total. The molecule has 5 heteroatoms. The van der Waals surface area contributed by atoms with Gasteiger partial charge in [0.25, 0.3) is 0 Å². The molecule has 0 heterocycles. The molecule has 0 aromatic heterocycles. The predicted octanol–water partition coefficient (Wildman–Crippen LogP) is 2.81. The van der Waals surface area contributed by atoms with Gasteiger partial charge in [-0.1, -0.05) is 37.5 Å². The number of benzene rings is 1. The Morgan fingerprint density at radius 3 is 2.33 bits per heavy atom. The minimum Gasteiger partial charge on any atom is -0.342 e. The average molecular weight is 270 g/mol. The lowest BCUT2D eigenvalue weighted by Gasteiger charge is -2.05. The van der Waals surface area contributed by atoms with Crippen molar-refractivity contribution in [1.82, 2.24) is 0 Å². The molecule has 0 atom stereocenters. The van der Waals surface area contributed by atoms with Gasteiger partial charge in [0, 0.05) is 6.42 Å². The van der Waals surface area contributed by atoms with Gasteiger partial charge in [-0.2, -0.15) is 8.42 Å². The van der Waals surface area contributed by atoms with Crippen LogP contribution in [0.3, 0.4) is 0 Å². The smallest absolute Gasteiger partial charge is 0.341 e. The predicted molar refractivity (Wildman–Crippen MR) is 68.6 cm³/mol. The number of carbonyl (C=O) groups is 1. The van der Waals surface area contributed by atoms with E-state index in [-0.39, 0.29) is 11.3 Å². The Bertz CT molecular complexity index is 488. The Morgan fingerprint density at radius 2 is 1.78 bits per heavy atom. The van der Waals surface area contributed by atoms with Crippen molar-refractivity contribution >= 4 is 16.1 Å². The molecule has 0 N–H and O–H groups in total. The summed E-state index contributed by atoms with van der Waals surface area (Å²) in [6.07, 6.45) is 2.65. The molecular weight excluding hydrogens is 252 g/mol. The largest absolute Gasteiger partial charge is 0.342 e. The highest BCUT2D eigenvalue weighted by atomic mass is 32.2. The second-order valence-corrected chi connectivity index (χ2v) is 5.73. The molecule has 1 rings (SSSR count). The molecule has 0 bridgehead atoms. The van der Waals surface area contributed by atoms with Gasteiger partial charge >= 0.3 is 16.1 Å². The first-order chi connectivity index (χ1) is 8.45. The highest BCUT2D eigenvalue weighted by Gasteiger charge is 2.19. The van der Waals surface area contributed by atoms with Crippen molar-refractivity contribution in [2.75, 3.05) is 0 Å². The summed E-state index contributed by atoms with van der Waals surface area (Å²) in [6.45, 7) is 3.86. The molecule has 0 amide bonds. The standard InChI is InChI=1S/C13H18O4S/c1-3-4-5-6-13(14)17-18(15,16)12-9-7-11(2)8-10-12/h7-10H,3-6H2,1-2H3. The SMILES string of the molecule is CCCCCC(=O)OS(=O)(=O)c1ccc(C)cc1. The van der Waals surface area contributed by atoms with E-state index in [9.17, 15) is 13.2 Å². The normalized spacial score (nSPS) is 11.2. The van der Waals surface area contributed by atoms with Crippen LogP contribution in [0.4, 0.5) is 0 Å². The third-order valence-electron chi connectivity index (χ3n) is 2.50. The fourth-order valence-electron chi connectivity index (χ4n) is 1.44. The number of hydrogen-bond acceptors (Lipinski definition) is 4. The lowest BCUT2D eigenvalue weighted by molar-refractivity contribution is -0.133. The fraction of sp³-hybridized carbons (Fsp3) is 0.462. The maximum Gasteiger partial charge on any atom is 0.341 e. The molecule has 0 saturated heterocycles. The second-order valence-electron chi connectivity index (χ2n) is 4.18. The van der Waals surface area contributed by atoms with Gasteiger partial charge in [-0.05, 0) is 25.5 Å². The van der Waals surface area contributed by atoms with Crippen LogP contribution in [0.5, 0.6) is 0 Å². The van der Waals surface area contributed by atoms with Gasteiger partial charge < -0.3 is 4.18 Å². The Hall–Kier alpha value is -1.36. The molecule has 1 aromatic carbocycles. The lowest BCUT2D eigenvalue weighted by atomic mass is 10.2. The van der Waals surface area contributed by atoms with Gasteiger partial charge in [0.15, 0.2) is 0 Å². The quantitative estimate of drug-likeness (QED) is 0.589. The molecule has 18 heavy (non-hydrogen) atoms. The number of rotatable bonds is 6. The van der Waals surface area contributed by atoms with E-state index in [2.05, 4.69) is 4.18 Å². The van der Waals surface area contributed by atoms with Crippen molar-refractivity contribution in [3.63, 3.8) is 0 Å². The summed E-state index contributed by atoms with van der Waals surface area (Å²) >= 11 is 0. The van der Waals surface area contributed by atoms with Crippen LogP contribution in [0, 0.1) is 6.92 Å². The first-order valence-electron chi connectivity index (χ1n) is 5.99. The molecule has 0 aliphatic rings. The zero-order valence-corrected chi connectivity index (χ0v) is 11.5. The van der Waals surface area contributed by atoms with Crippen LogP contribution < -0.4 is 0 Å². The topological polar surface area (TPSA) is 60.4 Å². The van der Waals surface area contributed by atoms with Crippen molar-refractivity contribution in [2.45, 2.75) is 44.4 Å². The van der Waals surface area contributed by atoms with Crippen molar-refractivity contribution in [3.05, 3.63) is 29.8 Å². The van der Waals surface area contributed by atoms with E-state index in [1.807, 2.05) is 13.8 Å². The van der Waals surface area contributed by atoms with Gasteiger partial charge in [0.05, 0.1) is 0 Å². The van der Waals surface area contributed by atoms with Crippen LogP contribution >= 0.6 is 0 Å². The molecule has 1 aromatic rings. The molecule has 0 aliphatic heterocycles. The summed E-state index contributed by atoms with van der Waals surface area (Å²) in [7, 11) is -3.96. The zero-order valence-electron chi connectivity index (χ0n) is 10.7. The molecule has 0 aliphatic carbocycles. The summed E-state index contributed by atoms with van der Waals surface area (Å²) in [5.74, 6) is -0.691. The summed E-state index contributed by atoms with van der Waals surface area (Å²) in [5.41, 5.74) is 0.947. The first-order valence-corrected chi connectivity index (χ1v) is 7.40. The number of carbonyl (C=O) groups excluding carboxylic acids is 1. The van der Waals surface area contributed by atoms with Crippen molar-refractivity contribution < 1.29 is 17.4 Å². The van der Waals surface area contributed by atoms with Crippen LogP contribution in [0.25, 0.3) is 0 Å². The van der Waals surface area contributed by atoms with E-state index < -0.39 is 16.1 Å². The number of aryl methyl sites for hydroxylation is 1. The zero-order chi connectivity index (χ0) is 13.6. The van der Waals surface area contributed by atoms with Crippen LogP contribution in [0.2, 0.25) is 0 Å². The average Bonchev–Trinajstić information content (AvgIpc) is 2.29. The minimum absolute atomic E-state index is 0.0111. The third kappa shape index (κ3) is 4.49. The summed E-state index contributed by atoms with van der Waals surface area (Å²) in [4.78, 5) is 11.4. The van der Waals surface area contributed by atoms with E-state index in [1.165, 1.54) is 12.1 Å². The molecule has 0 unspecified atom stereocenters. The highest BCUT2D eigenvalue weighted by molar-refractivity contribution is 7.87. The molecule has 0 fully saturated rings. The molecule has 0 radical (unpaired) electrons. The summed E-state index contributed by atoms with van der Waals surface area (Å²) in [5, 5.41) is 0. The van der Waals surface area contributed by atoms with Crippen LogP contribution in [0.15, 0.2) is 29.2 Å². The van der Waals surface area contributed by atoms with E-state index in [1.54, 1.807) is 12.1 Å². The minimum atomic E-state index is -3.96. The second kappa shape index (κ2) is 6.54. The van der Waals surface area contributed by atoms with Crippen molar-refractivity contribution in [1.29, 1.82) is 0 Å². The van der Waals surface area contributed by atoms with Gasteiger partial charge in [0.2, 0.25) is 0 Å².